The molecule has 2 amide bonds. The van der Waals surface area contributed by atoms with Crippen molar-refractivity contribution in [3.05, 3.63) is 60.2 Å². The molecule has 2 aromatic rings. The third kappa shape index (κ3) is 5.33. The van der Waals surface area contributed by atoms with Crippen LogP contribution in [0.4, 0.5) is 32.4 Å². The van der Waals surface area contributed by atoms with E-state index in [4.69, 9.17) is 4.74 Å². The van der Waals surface area contributed by atoms with Crippen LogP contribution in [0.25, 0.3) is 0 Å². The molecule has 29 heavy (non-hydrogen) atoms. The van der Waals surface area contributed by atoms with Crippen LogP contribution < -0.4 is 15.4 Å². The molecular formula is C18H15F5N2O4. The summed E-state index contributed by atoms with van der Waals surface area (Å²) in [4.78, 5) is 24.3. The number of esters is 1. The zero-order chi connectivity index (χ0) is 21.7. The van der Waals surface area contributed by atoms with Gasteiger partial charge in [-0.25, -0.2) is 18.4 Å². The fraction of sp³-hybridized carbons (Fsp3) is 0.222. The summed E-state index contributed by atoms with van der Waals surface area (Å²) in [6, 6.07) is 6.07. The number of alkyl halides is 3. The second-order valence-corrected chi connectivity index (χ2v) is 5.54. The minimum absolute atomic E-state index is 0.177. The number of nitrogens with one attached hydrogen (secondary N) is 2. The SMILES string of the molecule is CCOC(=O)C(NC(=O)Nc1cccc(F)c1)(Oc1ccc(F)cc1)C(F)(F)F. The number of halogens is 5. The van der Waals surface area contributed by atoms with Gasteiger partial charge < -0.3 is 14.8 Å². The molecule has 1 unspecified atom stereocenters. The van der Waals surface area contributed by atoms with Crippen molar-refractivity contribution in [1.29, 1.82) is 0 Å². The van der Waals surface area contributed by atoms with Crippen molar-refractivity contribution in [1.82, 2.24) is 5.32 Å². The fourth-order valence-electron chi connectivity index (χ4n) is 2.16. The predicted molar refractivity (Wildman–Crippen MR) is 91.0 cm³/mol. The number of hydrogen-bond donors (Lipinski definition) is 2. The summed E-state index contributed by atoms with van der Waals surface area (Å²) in [6.07, 6.45) is -5.48. The summed E-state index contributed by atoms with van der Waals surface area (Å²) in [5.41, 5.74) is -4.12. The molecule has 0 aliphatic heterocycles. The molecule has 2 N–H and O–H groups in total. The van der Waals surface area contributed by atoms with Crippen LogP contribution >= 0.6 is 0 Å². The van der Waals surface area contributed by atoms with Crippen molar-refractivity contribution in [2.24, 2.45) is 0 Å². The Balaban J connectivity index is 2.39. The minimum atomic E-state index is -5.48. The van der Waals surface area contributed by atoms with Crippen molar-refractivity contribution >= 4 is 17.7 Å². The molecule has 0 heterocycles. The second kappa shape index (κ2) is 8.76. The van der Waals surface area contributed by atoms with Gasteiger partial charge in [-0.05, 0) is 49.4 Å². The van der Waals surface area contributed by atoms with Gasteiger partial charge in [-0.2, -0.15) is 13.2 Å². The van der Waals surface area contributed by atoms with Crippen LogP contribution in [0.5, 0.6) is 5.75 Å². The summed E-state index contributed by atoms with van der Waals surface area (Å²) in [6.45, 7) is 0.806. The maximum atomic E-state index is 13.9. The van der Waals surface area contributed by atoms with Crippen LogP contribution in [0.2, 0.25) is 0 Å². The van der Waals surface area contributed by atoms with E-state index >= 15 is 0 Å². The Labute approximate surface area is 161 Å². The Morgan fingerprint density at radius 2 is 1.66 bits per heavy atom. The van der Waals surface area contributed by atoms with Crippen LogP contribution in [0, 0.1) is 11.6 Å². The van der Waals surface area contributed by atoms with Crippen molar-refractivity contribution in [2.75, 3.05) is 11.9 Å². The highest BCUT2D eigenvalue weighted by molar-refractivity contribution is 5.94. The summed E-state index contributed by atoms with van der Waals surface area (Å²) in [5, 5.41) is 3.36. The zero-order valence-electron chi connectivity index (χ0n) is 14.8. The topological polar surface area (TPSA) is 76.7 Å². The Morgan fingerprint density at radius 3 is 2.21 bits per heavy atom. The van der Waals surface area contributed by atoms with Crippen LogP contribution in [-0.4, -0.2) is 30.5 Å². The Bertz CT molecular complexity index is 873. The normalized spacial score (nSPS) is 13.2. The quantitative estimate of drug-likeness (QED) is 0.423. The summed E-state index contributed by atoms with van der Waals surface area (Å²) < 4.78 is 77.1. The largest absolute Gasteiger partial charge is 0.461 e. The molecular weight excluding hydrogens is 403 g/mol. The first-order chi connectivity index (χ1) is 13.6. The van der Waals surface area contributed by atoms with Gasteiger partial charge in [0.1, 0.15) is 17.4 Å². The smallest absolute Gasteiger partial charge is 0.460 e. The first kappa shape index (κ1) is 21.9. The second-order valence-electron chi connectivity index (χ2n) is 5.54. The van der Waals surface area contributed by atoms with E-state index in [0.717, 1.165) is 36.4 Å². The van der Waals surface area contributed by atoms with E-state index in [2.05, 4.69) is 4.74 Å². The lowest BCUT2D eigenvalue weighted by Gasteiger charge is -2.33. The van der Waals surface area contributed by atoms with Gasteiger partial charge in [-0.3, -0.25) is 5.32 Å². The lowest BCUT2D eigenvalue weighted by atomic mass is 10.2. The first-order valence-electron chi connectivity index (χ1n) is 8.10. The van der Waals surface area contributed by atoms with E-state index in [1.54, 1.807) is 0 Å². The number of rotatable bonds is 6. The van der Waals surface area contributed by atoms with Gasteiger partial charge in [-0.1, -0.05) is 6.07 Å². The Hall–Kier alpha value is -3.37. The summed E-state index contributed by atoms with van der Waals surface area (Å²) in [7, 11) is 0. The number of hydrogen-bond acceptors (Lipinski definition) is 4. The number of carbonyl (C=O) groups is 2. The lowest BCUT2D eigenvalue weighted by molar-refractivity contribution is -0.259. The van der Waals surface area contributed by atoms with Crippen LogP contribution in [-0.2, 0) is 9.53 Å². The average molecular weight is 418 g/mol. The van der Waals surface area contributed by atoms with Crippen molar-refractivity contribution in [3.63, 3.8) is 0 Å². The number of benzene rings is 2. The summed E-state index contributed by atoms with van der Waals surface area (Å²) >= 11 is 0. The Morgan fingerprint density at radius 1 is 1.00 bits per heavy atom. The van der Waals surface area contributed by atoms with E-state index in [9.17, 15) is 31.5 Å². The minimum Gasteiger partial charge on any atom is -0.461 e. The van der Waals surface area contributed by atoms with E-state index in [-0.39, 0.29) is 5.69 Å². The number of urea groups is 1. The van der Waals surface area contributed by atoms with Crippen molar-refractivity contribution in [2.45, 2.75) is 18.8 Å². The third-order valence-electron chi connectivity index (χ3n) is 3.42. The molecule has 1 atom stereocenters. The van der Waals surface area contributed by atoms with E-state index < -0.39 is 47.9 Å². The third-order valence-corrected chi connectivity index (χ3v) is 3.42. The lowest BCUT2D eigenvalue weighted by Crippen LogP contribution is -2.69. The molecule has 6 nitrogen and oxygen atoms in total. The predicted octanol–water partition coefficient (Wildman–Crippen LogP) is 3.99. The maximum Gasteiger partial charge on any atom is 0.460 e. The van der Waals surface area contributed by atoms with Crippen LogP contribution in [0.15, 0.2) is 48.5 Å². The van der Waals surface area contributed by atoms with Crippen molar-refractivity contribution in [3.8, 4) is 5.75 Å². The molecule has 156 valence electrons. The number of carbonyl (C=O) groups excluding carboxylic acids is 2. The highest BCUT2D eigenvalue weighted by Crippen LogP contribution is 2.34. The molecule has 0 aromatic heterocycles. The molecule has 11 heteroatoms. The van der Waals surface area contributed by atoms with Gasteiger partial charge in [0.05, 0.1) is 6.61 Å². The molecule has 2 aromatic carbocycles. The van der Waals surface area contributed by atoms with E-state index in [1.807, 2.05) is 5.32 Å². The number of amides is 2. The summed E-state index contributed by atoms with van der Waals surface area (Å²) in [5.74, 6) is -4.03. The van der Waals surface area contributed by atoms with Crippen LogP contribution in [0.3, 0.4) is 0 Å². The molecule has 0 aliphatic carbocycles. The molecule has 0 fully saturated rings. The van der Waals surface area contributed by atoms with E-state index in [1.165, 1.54) is 24.4 Å². The molecule has 2 rings (SSSR count). The Kier molecular flexibility index (Phi) is 6.62. The van der Waals surface area contributed by atoms with Gasteiger partial charge in [0.15, 0.2) is 0 Å². The fourth-order valence-corrected chi connectivity index (χ4v) is 2.16. The highest BCUT2D eigenvalue weighted by atomic mass is 19.4. The maximum absolute atomic E-state index is 13.9. The molecule has 0 bridgehead atoms. The van der Waals surface area contributed by atoms with Crippen molar-refractivity contribution < 1.29 is 41.0 Å². The van der Waals surface area contributed by atoms with Crippen LogP contribution in [0.1, 0.15) is 6.92 Å². The first-order valence-corrected chi connectivity index (χ1v) is 8.10. The molecule has 0 spiro atoms. The molecule has 0 saturated carbocycles. The zero-order valence-corrected chi connectivity index (χ0v) is 14.8. The molecule has 0 aliphatic rings. The van der Waals surface area contributed by atoms with Gasteiger partial charge in [-0.15, -0.1) is 0 Å². The van der Waals surface area contributed by atoms with Gasteiger partial charge >= 0.3 is 23.9 Å². The van der Waals surface area contributed by atoms with Gasteiger partial charge in [0, 0.05) is 5.69 Å². The van der Waals surface area contributed by atoms with E-state index in [0.29, 0.717) is 0 Å². The van der Waals surface area contributed by atoms with Gasteiger partial charge in [0.2, 0.25) is 0 Å². The average Bonchev–Trinajstić information content (AvgIpc) is 2.62. The highest BCUT2D eigenvalue weighted by Gasteiger charge is 2.66. The number of anilines is 1. The number of ether oxygens (including phenoxy) is 2. The van der Waals surface area contributed by atoms with Gasteiger partial charge in [0.25, 0.3) is 0 Å². The standard InChI is InChI=1S/C18H15F5N2O4/c1-2-28-15(26)17(18(21,22)23,29-14-8-6-11(19)7-9-14)25-16(27)24-13-5-3-4-12(20)10-13/h3-10H,2H2,1H3,(H2,24,25,27). The molecule has 0 saturated heterocycles. The monoisotopic (exact) mass is 418 g/mol. The molecule has 0 radical (unpaired) electrons.